The molecule has 0 unspecified atom stereocenters. The van der Waals surface area contributed by atoms with Crippen LogP contribution in [-0.2, 0) is 13.6 Å². The number of pyridine rings is 1. The highest BCUT2D eigenvalue weighted by Gasteiger charge is 2.26. The van der Waals surface area contributed by atoms with E-state index in [1.54, 1.807) is 18.7 Å². The summed E-state index contributed by atoms with van der Waals surface area (Å²) in [5.41, 5.74) is 0. The summed E-state index contributed by atoms with van der Waals surface area (Å²) in [5.74, 6) is 3.29. The lowest BCUT2D eigenvalue weighted by molar-refractivity contribution is 0.470. The lowest BCUT2D eigenvalue weighted by atomic mass is 9.96. The smallest absolute Gasteiger partial charge is 0.152 e. The minimum absolute atomic E-state index is 0.410. The number of hydrogen-bond donors (Lipinski definition) is 0. The number of rotatable bonds is 4. The first-order valence-corrected chi connectivity index (χ1v) is 8.79. The SMILES string of the molecule is Cn1c(Cn2ccnc2)nnc1C1CCN(c2ncccc2Cl)CC1. The van der Waals surface area contributed by atoms with Gasteiger partial charge in [0.15, 0.2) is 5.82 Å². The molecule has 8 heteroatoms. The third kappa shape index (κ3) is 3.24. The van der Waals surface area contributed by atoms with Gasteiger partial charge in [-0.3, -0.25) is 0 Å². The maximum absolute atomic E-state index is 6.27. The van der Waals surface area contributed by atoms with Crippen molar-refractivity contribution < 1.29 is 0 Å². The molecule has 0 N–H and O–H groups in total. The zero-order chi connectivity index (χ0) is 17.2. The van der Waals surface area contributed by atoms with Crippen molar-refractivity contribution in [1.82, 2.24) is 29.3 Å². The Morgan fingerprint density at radius 3 is 2.76 bits per heavy atom. The molecular weight excluding hydrogens is 338 g/mol. The molecule has 130 valence electrons. The molecule has 7 nitrogen and oxygen atoms in total. The van der Waals surface area contributed by atoms with Gasteiger partial charge in [-0.2, -0.15) is 0 Å². The van der Waals surface area contributed by atoms with Gasteiger partial charge in [0.1, 0.15) is 11.6 Å². The second-order valence-electron chi connectivity index (χ2n) is 6.34. The molecule has 4 heterocycles. The van der Waals surface area contributed by atoms with Gasteiger partial charge in [0.05, 0.1) is 17.9 Å². The minimum Gasteiger partial charge on any atom is -0.355 e. The van der Waals surface area contributed by atoms with E-state index in [4.69, 9.17) is 11.6 Å². The van der Waals surface area contributed by atoms with E-state index in [1.807, 2.05) is 29.9 Å². The molecule has 1 fully saturated rings. The molecule has 1 aliphatic rings. The summed E-state index contributed by atoms with van der Waals surface area (Å²) < 4.78 is 4.12. The molecule has 4 rings (SSSR count). The van der Waals surface area contributed by atoms with Gasteiger partial charge < -0.3 is 14.0 Å². The van der Waals surface area contributed by atoms with Crippen LogP contribution in [0.15, 0.2) is 37.1 Å². The molecule has 0 bridgehead atoms. The molecule has 0 aliphatic carbocycles. The number of aromatic nitrogens is 6. The van der Waals surface area contributed by atoms with E-state index in [0.29, 0.717) is 17.5 Å². The summed E-state index contributed by atoms with van der Waals surface area (Å²) in [7, 11) is 2.05. The summed E-state index contributed by atoms with van der Waals surface area (Å²) in [5, 5.41) is 9.54. The monoisotopic (exact) mass is 357 g/mol. The van der Waals surface area contributed by atoms with E-state index in [2.05, 4.69) is 29.6 Å². The molecule has 0 spiro atoms. The zero-order valence-electron chi connectivity index (χ0n) is 14.1. The predicted molar refractivity (Wildman–Crippen MR) is 95.8 cm³/mol. The van der Waals surface area contributed by atoms with Crippen molar-refractivity contribution in [2.45, 2.75) is 25.3 Å². The molecule has 0 amide bonds. The Morgan fingerprint density at radius 2 is 2.04 bits per heavy atom. The normalized spacial score (nSPS) is 15.7. The number of nitrogens with zero attached hydrogens (tertiary/aromatic N) is 7. The summed E-state index contributed by atoms with van der Waals surface area (Å²) in [4.78, 5) is 10.7. The van der Waals surface area contributed by atoms with Gasteiger partial charge in [0.2, 0.25) is 0 Å². The molecule has 0 aromatic carbocycles. The zero-order valence-corrected chi connectivity index (χ0v) is 14.8. The van der Waals surface area contributed by atoms with Crippen molar-refractivity contribution in [2.24, 2.45) is 7.05 Å². The number of halogens is 1. The van der Waals surface area contributed by atoms with Crippen LogP contribution in [0.1, 0.15) is 30.4 Å². The van der Waals surface area contributed by atoms with E-state index in [-0.39, 0.29) is 0 Å². The van der Waals surface area contributed by atoms with Crippen LogP contribution in [0, 0.1) is 0 Å². The highest BCUT2D eigenvalue weighted by molar-refractivity contribution is 6.32. The molecule has 0 atom stereocenters. The number of imidazole rings is 1. The van der Waals surface area contributed by atoms with Gasteiger partial charge >= 0.3 is 0 Å². The highest BCUT2D eigenvalue weighted by Crippen LogP contribution is 2.31. The minimum atomic E-state index is 0.410. The fraction of sp³-hybridized carbons (Fsp3) is 0.412. The quantitative estimate of drug-likeness (QED) is 0.717. The number of hydrogen-bond acceptors (Lipinski definition) is 5. The van der Waals surface area contributed by atoms with Gasteiger partial charge in [-0.1, -0.05) is 11.6 Å². The molecule has 25 heavy (non-hydrogen) atoms. The Bertz CT molecular complexity index is 835. The van der Waals surface area contributed by atoms with Crippen molar-refractivity contribution in [1.29, 1.82) is 0 Å². The average Bonchev–Trinajstić information content (AvgIpc) is 3.27. The molecule has 0 radical (unpaired) electrons. The van der Waals surface area contributed by atoms with Crippen LogP contribution in [0.3, 0.4) is 0 Å². The topological polar surface area (TPSA) is 64.7 Å². The van der Waals surface area contributed by atoms with Crippen molar-refractivity contribution >= 4 is 17.4 Å². The fourth-order valence-corrected chi connectivity index (χ4v) is 3.61. The fourth-order valence-electron chi connectivity index (χ4n) is 3.37. The van der Waals surface area contributed by atoms with Crippen molar-refractivity contribution in [2.75, 3.05) is 18.0 Å². The first-order valence-electron chi connectivity index (χ1n) is 8.41. The molecular formula is C17H20ClN7. The van der Waals surface area contributed by atoms with Crippen LogP contribution in [-0.4, -0.2) is 42.4 Å². The van der Waals surface area contributed by atoms with Crippen LogP contribution < -0.4 is 4.90 Å². The summed E-state index contributed by atoms with van der Waals surface area (Å²) in [6.07, 6.45) is 9.33. The highest BCUT2D eigenvalue weighted by atomic mass is 35.5. The molecule has 3 aromatic rings. The summed E-state index contributed by atoms with van der Waals surface area (Å²) in [6.45, 7) is 2.53. The van der Waals surface area contributed by atoms with E-state index < -0.39 is 0 Å². The van der Waals surface area contributed by atoms with Crippen molar-refractivity contribution in [3.63, 3.8) is 0 Å². The van der Waals surface area contributed by atoms with Gasteiger partial charge in [-0.15, -0.1) is 10.2 Å². The van der Waals surface area contributed by atoms with Crippen LogP contribution in [0.4, 0.5) is 5.82 Å². The second-order valence-corrected chi connectivity index (χ2v) is 6.75. The van der Waals surface area contributed by atoms with Gasteiger partial charge in [-0.25, -0.2) is 9.97 Å². The van der Waals surface area contributed by atoms with Crippen LogP contribution >= 0.6 is 11.6 Å². The van der Waals surface area contributed by atoms with E-state index in [0.717, 1.165) is 43.4 Å². The summed E-state index contributed by atoms with van der Waals surface area (Å²) >= 11 is 6.27. The standard InChI is InChI=1S/C17H20ClN7/c1-23-15(11-24-10-7-19-12-24)21-22-16(23)13-4-8-25(9-5-13)17-14(18)3-2-6-20-17/h2-3,6-7,10,12-13H,4-5,8-9,11H2,1H3. The van der Waals surface area contributed by atoms with E-state index in [1.165, 1.54) is 0 Å². The molecule has 3 aromatic heterocycles. The Hall–Kier alpha value is -2.41. The van der Waals surface area contributed by atoms with Gasteiger partial charge in [0.25, 0.3) is 0 Å². The van der Waals surface area contributed by atoms with E-state index >= 15 is 0 Å². The molecule has 1 saturated heterocycles. The van der Waals surface area contributed by atoms with Crippen molar-refractivity contribution in [3.05, 3.63) is 53.7 Å². The third-order valence-corrected chi connectivity index (χ3v) is 5.08. The van der Waals surface area contributed by atoms with Crippen molar-refractivity contribution in [3.8, 4) is 0 Å². The molecule has 1 aliphatic heterocycles. The molecule has 0 saturated carbocycles. The lowest BCUT2D eigenvalue weighted by Crippen LogP contribution is -2.34. The van der Waals surface area contributed by atoms with E-state index in [9.17, 15) is 0 Å². The van der Waals surface area contributed by atoms with Crippen LogP contribution in [0.5, 0.6) is 0 Å². The first-order chi connectivity index (χ1) is 12.2. The second kappa shape index (κ2) is 6.84. The maximum Gasteiger partial charge on any atom is 0.152 e. The maximum atomic E-state index is 6.27. The van der Waals surface area contributed by atoms with Crippen LogP contribution in [0.2, 0.25) is 5.02 Å². The first kappa shape index (κ1) is 16.1. The Kier molecular flexibility index (Phi) is 4.40. The van der Waals surface area contributed by atoms with Crippen LogP contribution in [0.25, 0.3) is 0 Å². The largest absolute Gasteiger partial charge is 0.355 e. The number of anilines is 1. The third-order valence-electron chi connectivity index (χ3n) is 4.78. The summed E-state index contributed by atoms with van der Waals surface area (Å²) in [6, 6.07) is 3.75. The Labute approximate surface area is 151 Å². The van der Waals surface area contributed by atoms with Gasteiger partial charge in [0, 0.05) is 44.6 Å². The number of piperidine rings is 1. The Balaban J connectivity index is 1.44. The average molecular weight is 358 g/mol. The van der Waals surface area contributed by atoms with Gasteiger partial charge in [-0.05, 0) is 25.0 Å². The lowest BCUT2D eigenvalue weighted by Gasteiger charge is -2.32. The Morgan fingerprint density at radius 1 is 1.20 bits per heavy atom. The predicted octanol–water partition coefficient (Wildman–Crippen LogP) is 2.49.